The maximum absolute atomic E-state index is 10.4. The summed E-state index contributed by atoms with van der Waals surface area (Å²) >= 11 is 7.15. The van der Waals surface area contributed by atoms with Crippen LogP contribution in [0, 0.1) is 0 Å². The molecule has 2 heterocycles. The highest BCUT2D eigenvalue weighted by Gasteiger charge is 2.52. The van der Waals surface area contributed by atoms with Crippen LogP contribution < -0.4 is 0 Å². The van der Waals surface area contributed by atoms with Crippen molar-refractivity contribution >= 4 is 34.3 Å². The Labute approximate surface area is 117 Å². The summed E-state index contributed by atoms with van der Waals surface area (Å²) in [5.74, 6) is -0.714. The molecule has 6 heteroatoms. The molecule has 0 saturated carbocycles. The lowest BCUT2D eigenvalue weighted by Gasteiger charge is -2.34. The van der Waals surface area contributed by atoms with Gasteiger partial charge in [-0.25, -0.2) is 0 Å². The summed E-state index contributed by atoms with van der Waals surface area (Å²) in [7, 11) is 0. The highest BCUT2D eigenvalue weighted by Crippen LogP contribution is 2.46. The molecule has 2 aliphatic rings. The number of thiocarbonyl (C=S) groups is 1. The normalized spacial score (nSPS) is 30.8. The second-order valence-corrected chi connectivity index (χ2v) is 6.76. The number of fused-ring (bicyclic) bond motifs is 1. The van der Waals surface area contributed by atoms with Crippen molar-refractivity contribution in [3.8, 4) is 0 Å². The molecule has 0 aromatic rings. The number of hydrogen-bond acceptors (Lipinski definition) is 4. The van der Waals surface area contributed by atoms with Crippen LogP contribution in [0.15, 0.2) is 0 Å². The minimum absolute atomic E-state index is 0.228. The van der Waals surface area contributed by atoms with Gasteiger partial charge in [0.25, 0.3) is 0 Å². The molecule has 18 heavy (non-hydrogen) atoms. The van der Waals surface area contributed by atoms with Crippen LogP contribution in [0.1, 0.15) is 39.0 Å². The molecule has 2 fully saturated rings. The summed E-state index contributed by atoms with van der Waals surface area (Å²) in [6, 6.07) is 0. The van der Waals surface area contributed by atoms with Gasteiger partial charge in [-0.15, -0.1) is 0 Å². The molecule has 0 aliphatic carbocycles. The van der Waals surface area contributed by atoms with Crippen LogP contribution in [-0.4, -0.2) is 44.4 Å². The summed E-state index contributed by atoms with van der Waals surface area (Å²) < 4.78 is 6.80. The molecule has 4 nitrogen and oxygen atoms in total. The minimum atomic E-state index is -0.714. The maximum atomic E-state index is 10.4. The largest absolute Gasteiger partial charge is 0.481 e. The number of carboxylic acids is 1. The molecule has 0 aromatic carbocycles. The Kier molecular flexibility index (Phi) is 4.50. The Hall–Kier alpha value is -0.330. The van der Waals surface area contributed by atoms with Crippen LogP contribution in [0.5, 0.6) is 0 Å². The average Bonchev–Trinajstić information content (AvgIpc) is 2.74. The third-order valence-electron chi connectivity index (χ3n) is 3.64. The van der Waals surface area contributed by atoms with Gasteiger partial charge in [0.05, 0.1) is 11.9 Å². The third-order valence-corrected chi connectivity index (χ3v) is 5.53. The van der Waals surface area contributed by atoms with Crippen molar-refractivity contribution in [2.45, 2.75) is 50.0 Å². The molecule has 0 amide bonds. The molecule has 2 rings (SSSR count). The van der Waals surface area contributed by atoms with Crippen LogP contribution in [0.25, 0.3) is 0 Å². The van der Waals surface area contributed by atoms with Crippen molar-refractivity contribution < 1.29 is 14.6 Å². The molecule has 0 unspecified atom stereocenters. The number of rotatable bonds is 6. The zero-order valence-electron chi connectivity index (χ0n) is 10.6. The van der Waals surface area contributed by atoms with Crippen LogP contribution >= 0.6 is 24.0 Å². The first-order chi connectivity index (χ1) is 8.54. The van der Waals surface area contributed by atoms with Gasteiger partial charge in [-0.2, -0.15) is 0 Å². The highest BCUT2D eigenvalue weighted by molar-refractivity contribution is 8.23. The summed E-state index contributed by atoms with van der Waals surface area (Å²) in [5.41, 5.74) is -0.228. The number of hydrogen-bond donors (Lipinski definition) is 1. The lowest BCUT2D eigenvalue weighted by Crippen LogP contribution is -2.47. The van der Waals surface area contributed by atoms with Crippen molar-refractivity contribution in [3.05, 3.63) is 0 Å². The van der Waals surface area contributed by atoms with Crippen LogP contribution in [0.4, 0.5) is 0 Å². The van der Waals surface area contributed by atoms with E-state index in [0.29, 0.717) is 5.25 Å². The number of unbranched alkanes of at least 4 members (excludes halogenated alkanes) is 2. The smallest absolute Gasteiger partial charge is 0.303 e. The number of ether oxygens (including phenoxy) is 1. The van der Waals surface area contributed by atoms with Crippen molar-refractivity contribution in [1.82, 2.24) is 4.90 Å². The second kappa shape index (κ2) is 5.75. The van der Waals surface area contributed by atoms with Crippen LogP contribution in [0.2, 0.25) is 0 Å². The Morgan fingerprint density at radius 1 is 1.61 bits per heavy atom. The topological polar surface area (TPSA) is 49.8 Å². The van der Waals surface area contributed by atoms with E-state index in [0.717, 1.165) is 43.2 Å². The van der Waals surface area contributed by atoms with E-state index < -0.39 is 5.97 Å². The van der Waals surface area contributed by atoms with E-state index in [4.69, 9.17) is 22.1 Å². The fraction of sp³-hybridized carbons (Fsp3) is 0.833. The molecule has 0 bridgehead atoms. The molecular formula is C12H19NO3S2. The Morgan fingerprint density at radius 2 is 2.39 bits per heavy atom. The van der Waals surface area contributed by atoms with Crippen molar-refractivity contribution in [2.24, 2.45) is 0 Å². The fourth-order valence-electron chi connectivity index (χ4n) is 2.56. The first-order valence-corrected chi connectivity index (χ1v) is 7.67. The Balaban J connectivity index is 1.78. The summed E-state index contributed by atoms with van der Waals surface area (Å²) in [4.78, 5) is 12.6. The zero-order valence-corrected chi connectivity index (χ0v) is 12.2. The molecule has 2 saturated heterocycles. The van der Waals surface area contributed by atoms with Gasteiger partial charge in [0.15, 0.2) is 5.72 Å². The van der Waals surface area contributed by atoms with Gasteiger partial charge < -0.3 is 14.7 Å². The maximum Gasteiger partial charge on any atom is 0.303 e. The molecule has 1 N–H and O–H groups in total. The molecule has 2 atom stereocenters. The van der Waals surface area contributed by atoms with Gasteiger partial charge in [0.1, 0.15) is 4.32 Å². The van der Waals surface area contributed by atoms with Gasteiger partial charge in [-0.3, -0.25) is 4.79 Å². The van der Waals surface area contributed by atoms with E-state index in [2.05, 4.69) is 11.8 Å². The first kappa shape index (κ1) is 14.1. The van der Waals surface area contributed by atoms with E-state index in [1.54, 1.807) is 11.8 Å². The molecule has 2 aliphatic heterocycles. The monoisotopic (exact) mass is 289 g/mol. The first-order valence-electron chi connectivity index (χ1n) is 6.38. The summed E-state index contributed by atoms with van der Waals surface area (Å²) in [5, 5.41) is 9.04. The third kappa shape index (κ3) is 2.81. The second-order valence-electron chi connectivity index (χ2n) is 4.92. The fourth-order valence-corrected chi connectivity index (χ4v) is 4.45. The summed E-state index contributed by atoms with van der Waals surface area (Å²) in [6.45, 7) is 3.80. The number of aliphatic carboxylic acids is 1. The number of nitrogens with zero attached hydrogens (tertiary/aromatic N) is 1. The molecule has 0 aromatic heterocycles. The lowest BCUT2D eigenvalue weighted by molar-refractivity contribution is -0.137. The van der Waals surface area contributed by atoms with Crippen molar-refractivity contribution in [3.63, 3.8) is 0 Å². The quantitative estimate of drug-likeness (QED) is 0.599. The highest BCUT2D eigenvalue weighted by atomic mass is 32.2. The van der Waals surface area contributed by atoms with Crippen molar-refractivity contribution in [1.29, 1.82) is 0 Å². The molecular weight excluding hydrogens is 270 g/mol. The lowest BCUT2D eigenvalue weighted by atomic mass is 10.1. The van der Waals surface area contributed by atoms with Gasteiger partial charge in [0, 0.05) is 13.0 Å². The SMILES string of the molecule is C[C@]12OCC[C@H]1SC(=S)N2CCCCCC(=O)O. The average molecular weight is 289 g/mol. The van der Waals surface area contributed by atoms with E-state index in [9.17, 15) is 4.79 Å². The van der Waals surface area contributed by atoms with E-state index in [1.165, 1.54) is 0 Å². The molecule has 102 valence electrons. The number of carboxylic acid groups (broad SMARTS) is 1. The minimum Gasteiger partial charge on any atom is -0.481 e. The number of carbonyl (C=O) groups is 1. The van der Waals surface area contributed by atoms with Gasteiger partial charge >= 0.3 is 5.97 Å². The van der Waals surface area contributed by atoms with E-state index in [-0.39, 0.29) is 12.1 Å². The molecule has 0 radical (unpaired) electrons. The predicted molar refractivity (Wildman–Crippen MR) is 75.8 cm³/mol. The molecule has 0 spiro atoms. The van der Waals surface area contributed by atoms with Gasteiger partial charge in [0.2, 0.25) is 0 Å². The van der Waals surface area contributed by atoms with Gasteiger partial charge in [-0.05, 0) is 26.2 Å². The standard InChI is InChI=1S/C12H19NO3S2/c1-12-9(6-8-16-12)18-11(17)13(12)7-4-2-3-5-10(14)15/h9H,2-8H2,1H3,(H,14,15)/t9-,12+/m1/s1. The Morgan fingerprint density at radius 3 is 3.11 bits per heavy atom. The van der Waals surface area contributed by atoms with Gasteiger partial charge in [-0.1, -0.05) is 30.4 Å². The predicted octanol–water partition coefficient (Wildman–Crippen LogP) is 2.47. The zero-order chi connectivity index (χ0) is 13.2. The van der Waals surface area contributed by atoms with Crippen LogP contribution in [0.3, 0.4) is 0 Å². The summed E-state index contributed by atoms with van der Waals surface area (Å²) in [6.07, 6.45) is 3.97. The Bertz CT molecular complexity index is 350. The number of thioether (sulfide) groups is 1. The van der Waals surface area contributed by atoms with Crippen LogP contribution in [-0.2, 0) is 9.53 Å². The van der Waals surface area contributed by atoms with Crippen molar-refractivity contribution in [2.75, 3.05) is 13.2 Å². The van der Waals surface area contributed by atoms with E-state index in [1.807, 2.05) is 0 Å². The van der Waals surface area contributed by atoms with E-state index >= 15 is 0 Å².